The molecule has 1 aromatic heterocycles. The molecule has 0 aliphatic heterocycles. The standard InChI is InChI=1S/C19H17Cl2N3OS.ClH/c1-3-24-18(16-9-4-13(20)10-17(16)21)11-26-19(24)23-15-7-5-14(6-8-15)22-12(2)25;/h4-11H,3H2,1-2H3,(H,22,25);1H. The van der Waals surface area contributed by atoms with Gasteiger partial charge in [-0.2, -0.15) is 0 Å². The highest BCUT2D eigenvalue weighted by molar-refractivity contribution is 7.07. The van der Waals surface area contributed by atoms with Crippen LogP contribution >= 0.6 is 46.9 Å². The molecule has 0 aliphatic rings. The predicted octanol–water partition coefficient (Wildman–Crippen LogP) is 6.16. The third-order valence-corrected chi connectivity index (χ3v) is 5.14. The molecule has 4 nitrogen and oxygen atoms in total. The first kappa shape index (κ1) is 21.5. The van der Waals surface area contributed by atoms with E-state index < -0.39 is 0 Å². The van der Waals surface area contributed by atoms with Gasteiger partial charge in [-0.15, -0.1) is 23.7 Å². The van der Waals surface area contributed by atoms with Crippen molar-refractivity contribution in [2.24, 2.45) is 4.99 Å². The van der Waals surface area contributed by atoms with E-state index in [2.05, 4.69) is 16.8 Å². The van der Waals surface area contributed by atoms with Crippen molar-refractivity contribution in [2.75, 3.05) is 5.32 Å². The van der Waals surface area contributed by atoms with Crippen molar-refractivity contribution in [3.8, 4) is 11.3 Å². The molecule has 1 N–H and O–H groups in total. The van der Waals surface area contributed by atoms with Gasteiger partial charge in [0.25, 0.3) is 0 Å². The van der Waals surface area contributed by atoms with Gasteiger partial charge in [0.15, 0.2) is 4.80 Å². The van der Waals surface area contributed by atoms with Gasteiger partial charge in [-0.1, -0.05) is 23.2 Å². The number of carbonyl (C=O) groups is 1. The van der Waals surface area contributed by atoms with Gasteiger partial charge < -0.3 is 9.88 Å². The van der Waals surface area contributed by atoms with Gasteiger partial charge in [0.05, 0.1) is 16.4 Å². The van der Waals surface area contributed by atoms with Gasteiger partial charge in [-0.3, -0.25) is 4.79 Å². The SMILES string of the molecule is CCn1c(-c2ccc(Cl)cc2Cl)csc1=Nc1ccc(NC(C)=O)cc1.Cl. The molecule has 142 valence electrons. The van der Waals surface area contributed by atoms with Gasteiger partial charge in [-0.25, -0.2) is 4.99 Å². The van der Waals surface area contributed by atoms with Crippen molar-refractivity contribution in [3.05, 3.63) is 62.7 Å². The Hall–Kier alpha value is -1.79. The summed E-state index contributed by atoms with van der Waals surface area (Å²) in [5.74, 6) is -0.0961. The van der Waals surface area contributed by atoms with E-state index in [0.29, 0.717) is 10.0 Å². The summed E-state index contributed by atoms with van der Waals surface area (Å²) in [6, 6.07) is 12.9. The number of hydrogen-bond acceptors (Lipinski definition) is 3. The number of hydrogen-bond donors (Lipinski definition) is 1. The van der Waals surface area contributed by atoms with Gasteiger partial charge in [0.2, 0.25) is 5.91 Å². The highest BCUT2D eigenvalue weighted by Crippen LogP contribution is 2.30. The summed E-state index contributed by atoms with van der Waals surface area (Å²) in [7, 11) is 0. The molecule has 1 heterocycles. The highest BCUT2D eigenvalue weighted by Gasteiger charge is 2.10. The number of carbonyl (C=O) groups excluding carboxylic acids is 1. The van der Waals surface area contributed by atoms with Gasteiger partial charge in [-0.05, 0) is 49.4 Å². The lowest BCUT2D eigenvalue weighted by Gasteiger charge is -2.08. The second-order valence-electron chi connectivity index (χ2n) is 5.61. The Balaban J connectivity index is 0.00000261. The fraction of sp³-hybridized carbons (Fsp3) is 0.158. The van der Waals surface area contributed by atoms with Crippen LogP contribution in [0.2, 0.25) is 10.0 Å². The molecular formula is C19H18Cl3N3OS. The van der Waals surface area contributed by atoms with Gasteiger partial charge >= 0.3 is 0 Å². The van der Waals surface area contributed by atoms with Crippen LogP contribution in [0.3, 0.4) is 0 Å². The van der Waals surface area contributed by atoms with Crippen molar-refractivity contribution in [1.29, 1.82) is 0 Å². The molecule has 0 unspecified atom stereocenters. The third-order valence-electron chi connectivity index (χ3n) is 3.73. The maximum Gasteiger partial charge on any atom is 0.221 e. The van der Waals surface area contributed by atoms with Crippen LogP contribution in [-0.4, -0.2) is 10.5 Å². The van der Waals surface area contributed by atoms with E-state index in [1.807, 2.05) is 41.8 Å². The summed E-state index contributed by atoms with van der Waals surface area (Å²) in [5.41, 5.74) is 3.50. The summed E-state index contributed by atoms with van der Waals surface area (Å²) in [4.78, 5) is 16.7. The van der Waals surface area contributed by atoms with Crippen molar-refractivity contribution in [3.63, 3.8) is 0 Å². The van der Waals surface area contributed by atoms with E-state index in [9.17, 15) is 4.79 Å². The Morgan fingerprint density at radius 3 is 2.48 bits per heavy atom. The van der Waals surface area contributed by atoms with E-state index in [1.165, 1.54) is 6.92 Å². The van der Waals surface area contributed by atoms with Crippen LogP contribution in [-0.2, 0) is 11.3 Å². The van der Waals surface area contributed by atoms with Crippen LogP contribution in [0.1, 0.15) is 13.8 Å². The Kier molecular flexibility index (Phi) is 7.50. The van der Waals surface area contributed by atoms with Crippen LogP contribution < -0.4 is 10.1 Å². The minimum Gasteiger partial charge on any atom is -0.326 e. The zero-order valence-corrected chi connectivity index (χ0v) is 17.8. The predicted molar refractivity (Wildman–Crippen MR) is 117 cm³/mol. The van der Waals surface area contributed by atoms with Crippen molar-refractivity contribution in [2.45, 2.75) is 20.4 Å². The molecule has 0 saturated carbocycles. The highest BCUT2D eigenvalue weighted by atomic mass is 35.5. The number of amides is 1. The number of rotatable bonds is 4. The molecule has 0 saturated heterocycles. The molecule has 0 radical (unpaired) electrons. The number of halogens is 3. The van der Waals surface area contributed by atoms with Crippen LogP contribution in [0.5, 0.6) is 0 Å². The Morgan fingerprint density at radius 1 is 1.19 bits per heavy atom. The Labute approximate surface area is 177 Å². The lowest BCUT2D eigenvalue weighted by Crippen LogP contribution is -2.14. The maximum atomic E-state index is 11.1. The average molecular weight is 443 g/mol. The van der Waals surface area contributed by atoms with Crippen molar-refractivity contribution < 1.29 is 4.79 Å². The molecule has 0 atom stereocenters. The first-order valence-electron chi connectivity index (χ1n) is 8.04. The fourth-order valence-corrected chi connectivity index (χ4v) is 4.06. The van der Waals surface area contributed by atoms with E-state index in [1.54, 1.807) is 17.4 Å². The van der Waals surface area contributed by atoms with Crippen LogP contribution in [0.25, 0.3) is 11.3 Å². The molecule has 27 heavy (non-hydrogen) atoms. The van der Waals surface area contributed by atoms with E-state index in [4.69, 9.17) is 28.2 Å². The topological polar surface area (TPSA) is 46.4 Å². The van der Waals surface area contributed by atoms with Crippen molar-refractivity contribution >= 4 is 64.2 Å². The van der Waals surface area contributed by atoms with Crippen molar-refractivity contribution in [1.82, 2.24) is 4.57 Å². The van der Waals surface area contributed by atoms with Crippen LogP contribution in [0.15, 0.2) is 52.8 Å². The Morgan fingerprint density at radius 2 is 1.89 bits per heavy atom. The molecule has 2 aromatic carbocycles. The normalized spacial score (nSPS) is 11.2. The molecule has 3 rings (SSSR count). The maximum absolute atomic E-state index is 11.1. The molecule has 0 bridgehead atoms. The first-order valence-corrected chi connectivity index (χ1v) is 9.67. The number of aromatic nitrogens is 1. The average Bonchev–Trinajstić information content (AvgIpc) is 2.98. The first-order chi connectivity index (χ1) is 12.5. The number of thiazole rings is 1. The molecule has 0 fully saturated rings. The molecular weight excluding hydrogens is 425 g/mol. The summed E-state index contributed by atoms with van der Waals surface area (Å²) in [6.45, 7) is 4.32. The molecule has 3 aromatic rings. The quantitative estimate of drug-likeness (QED) is 0.517. The monoisotopic (exact) mass is 441 g/mol. The second kappa shape index (κ2) is 9.42. The zero-order chi connectivity index (χ0) is 18.7. The minimum absolute atomic E-state index is 0. The fourth-order valence-electron chi connectivity index (χ4n) is 2.57. The smallest absolute Gasteiger partial charge is 0.221 e. The lowest BCUT2D eigenvalue weighted by molar-refractivity contribution is -0.114. The number of anilines is 1. The number of benzene rings is 2. The molecule has 0 aliphatic carbocycles. The summed E-state index contributed by atoms with van der Waals surface area (Å²) in [5, 5.41) is 6.02. The van der Waals surface area contributed by atoms with E-state index in [0.717, 1.165) is 34.0 Å². The van der Waals surface area contributed by atoms with Crippen LogP contribution in [0.4, 0.5) is 11.4 Å². The van der Waals surface area contributed by atoms with Gasteiger partial charge in [0, 0.05) is 35.1 Å². The number of nitrogens with zero attached hydrogens (tertiary/aromatic N) is 2. The molecule has 0 spiro atoms. The molecule has 1 amide bonds. The summed E-state index contributed by atoms with van der Waals surface area (Å²) < 4.78 is 2.11. The second-order valence-corrected chi connectivity index (χ2v) is 7.29. The zero-order valence-electron chi connectivity index (χ0n) is 14.7. The third kappa shape index (κ3) is 5.14. The van der Waals surface area contributed by atoms with Crippen LogP contribution in [0, 0.1) is 0 Å². The van der Waals surface area contributed by atoms with E-state index in [-0.39, 0.29) is 18.3 Å². The summed E-state index contributed by atoms with van der Waals surface area (Å²) >= 11 is 13.9. The van der Waals surface area contributed by atoms with E-state index >= 15 is 0 Å². The summed E-state index contributed by atoms with van der Waals surface area (Å²) in [6.07, 6.45) is 0. The largest absolute Gasteiger partial charge is 0.326 e. The Bertz CT molecular complexity index is 1010. The lowest BCUT2D eigenvalue weighted by atomic mass is 10.2. The minimum atomic E-state index is -0.0961. The van der Waals surface area contributed by atoms with Gasteiger partial charge in [0.1, 0.15) is 0 Å². The molecule has 8 heteroatoms. The number of nitrogens with one attached hydrogen (secondary N) is 1.